The standard InChI is InChI=1S/C45H78FN4O7P/c1-12-25-45(26-13-2)56-40-39(31-54-58(53-29-17-27-47)50(33(5)6)34(7)8)55-43(41(40)57-45)49-30-38(46)42(51)48(44(49)52)28-24-37(11)23-16-22-36(10)21-15-20-35(9)19-14-18-32(3)4/h24,30,32-36,39-41,43H,12-23,25-26,28-29,31H2,1-11H3/b37-24+/t35-,36-,39-,40-,41-,43-,58?/m1/s1. The minimum absolute atomic E-state index is 0.0452. The van der Waals surface area contributed by atoms with Gasteiger partial charge in [-0.15, -0.1) is 0 Å². The van der Waals surface area contributed by atoms with E-state index in [1.807, 2.05) is 13.0 Å². The lowest BCUT2D eigenvalue weighted by Gasteiger charge is -2.36. The lowest BCUT2D eigenvalue weighted by atomic mass is 9.91. The molecule has 1 aromatic heterocycles. The minimum atomic E-state index is -1.58. The van der Waals surface area contributed by atoms with Crippen molar-refractivity contribution in [3.05, 3.63) is 44.5 Å². The molecule has 2 fully saturated rings. The molecular formula is C45H78FN4O7P. The zero-order chi connectivity index (χ0) is 43.0. The molecule has 0 bridgehead atoms. The summed E-state index contributed by atoms with van der Waals surface area (Å²) in [6, 6.07) is 2.33. The maximum Gasteiger partial charge on any atom is 0.333 e. The zero-order valence-electron chi connectivity index (χ0n) is 37.8. The third-order valence-corrected chi connectivity index (χ3v) is 13.5. The number of nitrogens with zero attached hydrogens (tertiary/aromatic N) is 4. The van der Waals surface area contributed by atoms with E-state index in [4.69, 9.17) is 28.5 Å². The molecule has 0 aromatic carbocycles. The molecule has 7 atom stereocenters. The van der Waals surface area contributed by atoms with E-state index >= 15 is 4.39 Å². The van der Waals surface area contributed by atoms with Gasteiger partial charge in [0, 0.05) is 31.5 Å². The van der Waals surface area contributed by atoms with Crippen LogP contribution in [0.15, 0.2) is 27.4 Å². The van der Waals surface area contributed by atoms with E-state index in [0.717, 1.165) is 64.8 Å². The van der Waals surface area contributed by atoms with Crippen LogP contribution in [0.4, 0.5) is 4.39 Å². The second-order valence-corrected chi connectivity index (χ2v) is 19.4. The van der Waals surface area contributed by atoms with Crippen molar-refractivity contribution >= 4 is 8.53 Å². The summed E-state index contributed by atoms with van der Waals surface area (Å²) in [4.78, 5) is 27.2. The van der Waals surface area contributed by atoms with Gasteiger partial charge in [-0.25, -0.2) is 9.46 Å². The highest BCUT2D eigenvalue weighted by Gasteiger charge is 2.58. The average molecular weight is 837 g/mol. The number of halogens is 1. The Morgan fingerprint density at radius 1 is 0.931 bits per heavy atom. The average Bonchev–Trinajstić information content (AvgIpc) is 3.67. The van der Waals surface area contributed by atoms with Crippen LogP contribution in [0.2, 0.25) is 0 Å². The van der Waals surface area contributed by atoms with Crippen LogP contribution in [0, 0.1) is 34.9 Å². The normalized spacial score (nSPS) is 22.3. The molecule has 58 heavy (non-hydrogen) atoms. The van der Waals surface area contributed by atoms with Crippen LogP contribution in [-0.2, 0) is 29.8 Å². The molecule has 3 rings (SSSR count). The molecule has 3 heterocycles. The fraction of sp³-hybridized carbons (Fsp3) is 0.844. The van der Waals surface area contributed by atoms with Crippen LogP contribution in [0.1, 0.15) is 172 Å². The van der Waals surface area contributed by atoms with Crippen LogP contribution in [0.5, 0.6) is 0 Å². The Bertz CT molecular complexity index is 1540. The Balaban J connectivity index is 1.76. The van der Waals surface area contributed by atoms with Crippen molar-refractivity contribution in [1.29, 1.82) is 5.26 Å². The van der Waals surface area contributed by atoms with E-state index in [1.54, 1.807) is 0 Å². The zero-order valence-corrected chi connectivity index (χ0v) is 38.7. The predicted molar refractivity (Wildman–Crippen MR) is 231 cm³/mol. The van der Waals surface area contributed by atoms with E-state index in [9.17, 15) is 9.59 Å². The summed E-state index contributed by atoms with van der Waals surface area (Å²) in [7, 11) is -1.58. The van der Waals surface area contributed by atoms with Crippen molar-refractivity contribution in [3.63, 3.8) is 0 Å². The summed E-state index contributed by atoms with van der Waals surface area (Å²) >= 11 is 0. The highest BCUT2D eigenvalue weighted by molar-refractivity contribution is 7.44. The molecule has 0 saturated carbocycles. The first-order valence-corrected chi connectivity index (χ1v) is 23.6. The molecule has 332 valence electrons. The number of fused-ring (bicyclic) bond motifs is 1. The van der Waals surface area contributed by atoms with Gasteiger partial charge in [0.15, 0.2) is 12.0 Å². The minimum Gasteiger partial charge on any atom is -0.346 e. The molecule has 0 aliphatic carbocycles. The van der Waals surface area contributed by atoms with Gasteiger partial charge in [-0.2, -0.15) is 9.65 Å². The third kappa shape index (κ3) is 14.9. The van der Waals surface area contributed by atoms with Gasteiger partial charge in [-0.1, -0.05) is 111 Å². The summed E-state index contributed by atoms with van der Waals surface area (Å²) in [6.07, 6.45) is 13.5. The summed E-state index contributed by atoms with van der Waals surface area (Å²) in [5.41, 5.74) is -0.582. The Hall–Kier alpha value is -1.97. The van der Waals surface area contributed by atoms with Crippen molar-refractivity contribution in [1.82, 2.24) is 13.8 Å². The Kier molecular flexibility index (Phi) is 21.8. The van der Waals surface area contributed by atoms with E-state index < -0.39 is 55.9 Å². The molecule has 13 heteroatoms. The highest BCUT2D eigenvalue weighted by atomic mass is 31.2. The van der Waals surface area contributed by atoms with Crippen LogP contribution < -0.4 is 11.2 Å². The molecule has 0 spiro atoms. The van der Waals surface area contributed by atoms with Gasteiger partial charge in [0.05, 0.1) is 31.9 Å². The Morgan fingerprint density at radius 3 is 2.09 bits per heavy atom. The van der Waals surface area contributed by atoms with E-state index in [0.29, 0.717) is 18.8 Å². The van der Waals surface area contributed by atoms with E-state index in [2.05, 4.69) is 80.0 Å². The molecule has 0 amide bonds. The first-order chi connectivity index (χ1) is 27.6. The predicted octanol–water partition coefficient (Wildman–Crippen LogP) is 10.8. The maximum atomic E-state index is 15.5. The molecule has 1 aromatic rings. The topological polar surface area (TPSA) is 117 Å². The van der Waals surface area contributed by atoms with Gasteiger partial charge in [0.2, 0.25) is 5.82 Å². The Morgan fingerprint density at radius 2 is 1.52 bits per heavy atom. The van der Waals surface area contributed by atoms with Crippen LogP contribution in [0.25, 0.3) is 0 Å². The number of aromatic nitrogens is 2. The van der Waals surface area contributed by atoms with Crippen molar-refractivity contribution in [3.8, 4) is 6.07 Å². The summed E-state index contributed by atoms with van der Waals surface area (Å²) < 4.78 is 52.2. The van der Waals surface area contributed by atoms with Crippen molar-refractivity contribution in [2.45, 2.75) is 215 Å². The molecule has 11 nitrogen and oxygen atoms in total. The van der Waals surface area contributed by atoms with E-state index in [-0.39, 0.29) is 38.3 Å². The fourth-order valence-corrected chi connectivity index (χ4v) is 10.0. The van der Waals surface area contributed by atoms with Crippen LogP contribution >= 0.6 is 8.53 Å². The molecule has 2 saturated heterocycles. The molecule has 2 aliphatic rings. The van der Waals surface area contributed by atoms with E-state index in [1.165, 1.54) is 38.5 Å². The number of nitriles is 1. The number of allylic oxidation sites excluding steroid dienone is 2. The highest BCUT2D eigenvalue weighted by Crippen LogP contribution is 2.50. The SMILES string of the molecule is CCCC1(CCC)O[C@@H]2[C@H](O1)[C@@H](COP(OCCC#N)N(C(C)C)C(C)C)O[C@H]2n1cc(F)c(=O)n(C/C=C(\C)CCC[C@H](C)CCC[C@H](C)CCCC(C)C)c1=O. The second kappa shape index (κ2) is 25.1. The first-order valence-electron chi connectivity index (χ1n) is 22.5. The quantitative estimate of drug-likeness (QED) is 0.0462. The van der Waals surface area contributed by atoms with Gasteiger partial charge in [-0.3, -0.25) is 13.9 Å². The second-order valence-electron chi connectivity index (χ2n) is 18.0. The van der Waals surface area contributed by atoms with Gasteiger partial charge in [0.1, 0.15) is 18.3 Å². The number of hydrogen-bond donors (Lipinski definition) is 0. The lowest BCUT2D eigenvalue weighted by Crippen LogP contribution is -2.44. The Labute approximate surface area is 350 Å². The largest absolute Gasteiger partial charge is 0.346 e. The van der Waals surface area contributed by atoms with Crippen LogP contribution in [0.3, 0.4) is 0 Å². The fourth-order valence-electron chi connectivity index (χ4n) is 8.42. The number of hydrogen-bond acceptors (Lipinski definition) is 9. The molecular weight excluding hydrogens is 758 g/mol. The smallest absolute Gasteiger partial charge is 0.333 e. The number of ether oxygens (including phenoxy) is 3. The van der Waals surface area contributed by atoms with Crippen molar-refractivity contribution in [2.75, 3.05) is 13.2 Å². The summed E-state index contributed by atoms with van der Waals surface area (Å²) in [5, 5.41) is 9.16. The summed E-state index contributed by atoms with van der Waals surface area (Å²) in [5.74, 6) is 0.264. The maximum absolute atomic E-state index is 15.5. The lowest BCUT2D eigenvalue weighted by molar-refractivity contribution is -0.226. The van der Waals surface area contributed by atoms with Gasteiger partial charge in [0.25, 0.3) is 14.1 Å². The van der Waals surface area contributed by atoms with Crippen LogP contribution in [-0.4, -0.2) is 63.2 Å². The summed E-state index contributed by atoms with van der Waals surface area (Å²) in [6.45, 7) is 23.9. The molecule has 2 aliphatic heterocycles. The molecule has 0 radical (unpaired) electrons. The monoisotopic (exact) mass is 837 g/mol. The van der Waals surface area contributed by atoms with Gasteiger partial charge < -0.3 is 23.3 Å². The number of rotatable bonds is 28. The molecule has 0 N–H and O–H groups in total. The van der Waals surface area contributed by atoms with Crippen molar-refractivity contribution < 1.29 is 27.6 Å². The molecule has 1 unspecified atom stereocenters. The first kappa shape index (κ1) is 50.4. The van der Waals surface area contributed by atoms with Gasteiger partial charge in [-0.05, 0) is 65.2 Å². The van der Waals surface area contributed by atoms with Crippen molar-refractivity contribution in [2.24, 2.45) is 17.8 Å². The van der Waals surface area contributed by atoms with Gasteiger partial charge >= 0.3 is 5.69 Å². The third-order valence-electron chi connectivity index (χ3n) is 11.5.